The van der Waals surface area contributed by atoms with Crippen LogP contribution in [-0.2, 0) is 9.59 Å². The average molecular weight is 393 g/mol. The summed E-state index contributed by atoms with van der Waals surface area (Å²) in [6.07, 6.45) is 6.46. The van der Waals surface area contributed by atoms with Crippen molar-refractivity contribution in [2.75, 3.05) is 27.7 Å². The Bertz CT molecular complexity index is 631. The fourth-order valence-corrected chi connectivity index (χ4v) is 3.44. The van der Waals surface area contributed by atoms with Crippen LogP contribution in [0.25, 0.3) is 0 Å². The lowest BCUT2D eigenvalue weighted by molar-refractivity contribution is -0.134. The minimum absolute atomic E-state index is 0.170. The Morgan fingerprint density at radius 2 is 1.57 bits per heavy atom. The summed E-state index contributed by atoms with van der Waals surface area (Å²) < 4.78 is 5.23. The number of aliphatic hydroxyl groups is 1. The number of likely N-dealkylation sites (N-methyl/N-ethyl adjacent to an activating group) is 1. The van der Waals surface area contributed by atoms with Crippen LogP contribution in [0.15, 0.2) is 36.4 Å². The number of carboxylic acid groups (broad SMARTS) is 2. The predicted octanol–water partition coefficient (Wildman–Crippen LogP) is 2.75. The SMILES string of the molecule is COc1ccc(C(CN(C)C)C2(O)CCCCC2)cc1.O=C(O)/C=C/C(=O)O. The summed E-state index contributed by atoms with van der Waals surface area (Å²) in [5.41, 5.74) is 0.654. The van der Waals surface area contributed by atoms with Crippen molar-refractivity contribution >= 4 is 11.9 Å². The molecule has 1 aliphatic carbocycles. The first-order valence-electron chi connectivity index (χ1n) is 9.33. The number of hydrogen-bond donors (Lipinski definition) is 3. The second kappa shape index (κ2) is 11.5. The zero-order valence-electron chi connectivity index (χ0n) is 16.8. The third kappa shape index (κ3) is 8.10. The van der Waals surface area contributed by atoms with Gasteiger partial charge in [-0.2, -0.15) is 0 Å². The van der Waals surface area contributed by atoms with E-state index in [1.54, 1.807) is 7.11 Å². The number of methoxy groups -OCH3 is 1. The summed E-state index contributed by atoms with van der Waals surface area (Å²) in [6, 6.07) is 8.17. The standard InChI is InChI=1S/C17H27NO2.C4H4O4/c1-18(2)13-16(17(19)11-5-4-6-12-17)14-7-9-15(20-3)10-8-14;5-3(6)1-2-4(7)8/h7-10,16,19H,4-6,11-13H2,1-3H3;1-2H,(H,5,6)(H,7,8)/b;2-1+. The van der Waals surface area contributed by atoms with E-state index in [-0.39, 0.29) is 5.92 Å². The molecular formula is C21H31NO6. The molecule has 7 nitrogen and oxygen atoms in total. The van der Waals surface area contributed by atoms with E-state index in [4.69, 9.17) is 14.9 Å². The number of ether oxygens (including phenoxy) is 1. The highest BCUT2D eigenvalue weighted by Crippen LogP contribution is 2.40. The molecule has 0 bridgehead atoms. The molecule has 0 spiro atoms. The highest BCUT2D eigenvalue weighted by molar-refractivity contribution is 5.89. The van der Waals surface area contributed by atoms with Gasteiger partial charge in [0.2, 0.25) is 0 Å². The maximum absolute atomic E-state index is 11.1. The molecule has 1 aromatic carbocycles. The van der Waals surface area contributed by atoms with E-state index in [0.717, 1.165) is 38.0 Å². The van der Waals surface area contributed by atoms with E-state index in [1.807, 2.05) is 12.1 Å². The normalized spacial score (nSPS) is 16.9. The van der Waals surface area contributed by atoms with Crippen LogP contribution in [0, 0.1) is 0 Å². The number of carboxylic acids is 2. The molecule has 0 amide bonds. The summed E-state index contributed by atoms with van der Waals surface area (Å²) in [7, 11) is 5.83. The molecule has 0 saturated heterocycles. The van der Waals surface area contributed by atoms with Crippen molar-refractivity contribution in [3.63, 3.8) is 0 Å². The first kappa shape index (κ1) is 23.7. The Kier molecular flexibility index (Phi) is 9.68. The maximum atomic E-state index is 11.1. The smallest absolute Gasteiger partial charge is 0.328 e. The van der Waals surface area contributed by atoms with Crippen molar-refractivity contribution in [3.8, 4) is 5.75 Å². The van der Waals surface area contributed by atoms with Crippen LogP contribution in [0.5, 0.6) is 5.75 Å². The van der Waals surface area contributed by atoms with Gasteiger partial charge in [-0.25, -0.2) is 9.59 Å². The van der Waals surface area contributed by atoms with Gasteiger partial charge in [0.05, 0.1) is 12.7 Å². The molecule has 1 saturated carbocycles. The molecule has 156 valence electrons. The Balaban J connectivity index is 0.000000416. The highest BCUT2D eigenvalue weighted by Gasteiger charge is 2.38. The van der Waals surface area contributed by atoms with Crippen LogP contribution in [0.2, 0.25) is 0 Å². The van der Waals surface area contributed by atoms with Crippen LogP contribution < -0.4 is 4.74 Å². The summed E-state index contributed by atoms with van der Waals surface area (Å²) in [5.74, 6) is -1.48. The minimum atomic E-state index is -1.26. The van der Waals surface area contributed by atoms with E-state index in [9.17, 15) is 14.7 Å². The number of rotatable bonds is 7. The van der Waals surface area contributed by atoms with Gasteiger partial charge in [-0.1, -0.05) is 31.4 Å². The summed E-state index contributed by atoms with van der Waals surface area (Å²) in [6.45, 7) is 0.878. The van der Waals surface area contributed by atoms with E-state index in [1.165, 1.54) is 12.0 Å². The molecule has 1 aromatic rings. The van der Waals surface area contributed by atoms with Gasteiger partial charge in [-0.05, 0) is 44.6 Å². The minimum Gasteiger partial charge on any atom is -0.497 e. The number of hydrogen-bond acceptors (Lipinski definition) is 5. The van der Waals surface area contributed by atoms with E-state index in [2.05, 4.69) is 31.1 Å². The van der Waals surface area contributed by atoms with E-state index < -0.39 is 17.5 Å². The first-order chi connectivity index (χ1) is 13.2. The van der Waals surface area contributed by atoms with E-state index in [0.29, 0.717) is 12.2 Å². The third-order valence-electron chi connectivity index (χ3n) is 4.80. The molecule has 1 fully saturated rings. The molecular weight excluding hydrogens is 362 g/mol. The third-order valence-corrected chi connectivity index (χ3v) is 4.80. The topological polar surface area (TPSA) is 107 Å². The largest absolute Gasteiger partial charge is 0.497 e. The predicted molar refractivity (Wildman–Crippen MR) is 107 cm³/mol. The molecule has 28 heavy (non-hydrogen) atoms. The second-order valence-electron chi connectivity index (χ2n) is 7.26. The Morgan fingerprint density at radius 1 is 1.07 bits per heavy atom. The van der Waals surface area contributed by atoms with Crippen molar-refractivity contribution < 1.29 is 29.6 Å². The van der Waals surface area contributed by atoms with Crippen molar-refractivity contribution in [3.05, 3.63) is 42.0 Å². The van der Waals surface area contributed by atoms with Gasteiger partial charge >= 0.3 is 11.9 Å². The number of nitrogens with zero attached hydrogens (tertiary/aromatic N) is 1. The van der Waals surface area contributed by atoms with Crippen LogP contribution in [0.4, 0.5) is 0 Å². The monoisotopic (exact) mass is 393 g/mol. The van der Waals surface area contributed by atoms with Crippen molar-refractivity contribution in [2.45, 2.75) is 43.6 Å². The molecule has 0 radical (unpaired) electrons. The zero-order valence-corrected chi connectivity index (χ0v) is 16.8. The summed E-state index contributed by atoms with van der Waals surface area (Å²) in [4.78, 5) is 21.3. The highest BCUT2D eigenvalue weighted by atomic mass is 16.5. The van der Waals surface area contributed by atoms with Crippen LogP contribution in [-0.4, -0.2) is 65.5 Å². The molecule has 0 heterocycles. The van der Waals surface area contributed by atoms with Crippen LogP contribution in [0.1, 0.15) is 43.6 Å². The van der Waals surface area contributed by atoms with Crippen molar-refractivity contribution in [1.82, 2.24) is 4.90 Å². The molecule has 0 aliphatic heterocycles. The summed E-state index contributed by atoms with van der Waals surface area (Å²) in [5, 5.41) is 26.7. The molecule has 1 aliphatic rings. The molecule has 3 N–H and O–H groups in total. The van der Waals surface area contributed by atoms with Crippen LogP contribution >= 0.6 is 0 Å². The Morgan fingerprint density at radius 3 is 1.96 bits per heavy atom. The number of aliphatic carboxylic acids is 2. The molecule has 7 heteroatoms. The lowest BCUT2D eigenvalue weighted by Crippen LogP contribution is -2.42. The Labute approximate surface area is 166 Å². The second-order valence-corrected chi connectivity index (χ2v) is 7.26. The van der Waals surface area contributed by atoms with E-state index >= 15 is 0 Å². The summed E-state index contributed by atoms with van der Waals surface area (Å²) >= 11 is 0. The first-order valence-corrected chi connectivity index (χ1v) is 9.33. The van der Waals surface area contributed by atoms with Gasteiger partial charge in [0, 0.05) is 24.6 Å². The average Bonchev–Trinajstić information content (AvgIpc) is 2.65. The molecule has 2 rings (SSSR count). The quantitative estimate of drug-likeness (QED) is 0.611. The van der Waals surface area contributed by atoms with Gasteiger partial charge in [0.15, 0.2) is 0 Å². The van der Waals surface area contributed by atoms with Gasteiger partial charge in [0.1, 0.15) is 5.75 Å². The fourth-order valence-electron chi connectivity index (χ4n) is 3.44. The van der Waals surface area contributed by atoms with Crippen molar-refractivity contribution in [2.24, 2.45) is 0 Å². The maximum Gasteiger partial charge on any atom is 0.328 e. The van der Waals surface area contributed by atoms with Gasteiger partial charge in [-0.3, -0.25) is 0 Å². The zero-order chi connectivity index (χ0) is 21.2. The molecule has 1 atom stereocenters. The number of carbonyl (C=O) groups is 2. The Hall–Kier alpha value is -2.38. The fraction of sp³-hybridized carbons (Fsp3) is 0.524. The number of benzene rings is 1. The van der Waals surface area contributed by atoms with Crippen LogP contribution in [0.3, 0.4) is 0 Å². The molecule has 0 aromatic heterocycles. The van der Waals surface area contributed by atoms with Gasteiger partial charge < -0.3 is 25.0 Å². The molecule has 1 unspecified atom stereocenters. The van der Waals surface area contributed by atoms with Gasteiger partial charge in [-0.15, -0.1) is 0 Å². The lowest BCUT2D eigenvalue weighted by atomic mass is 9.72. The lowest BCUT2D eigenvalue weighted by Gasteiger charge is -2.40. The van der Waals surface area contributed by atoms with Crippen molar-refractivity contribution in [1.29, 1.82) is 0 Å². The van der Waals surface area contributed by atoms with Gasteiger partial charge in [0.25, 0.3) is 0 Å².